The van der Waals surface area contributed by atoms with E-state index in [1.807, 2.05) is 13.8 Å². The van der Waals surface area contributed by atoms with Crippen molar-refractivity contribution in [2.45, 2.75) is 45.6 Å². The van der Waals surface area contributed by atoms with Crippen LogP contribution in [0, 0.1) is 11.8 Å². The summed E-state index contributed by atoms with van der Waals surface area (Å²) < 4.78 is 25.6. The molecule has 0 bridgehead atoms. The molecule has 100 valence electrons. The zero-order valence-corrected chi connectivity index (χ0v) is 11.2. The van der Waals surface area contributed by atoms with E-state index in [2.05, 4.69) is 4.72 Å². The Balaban J connectivity index is 2.48. The Bertz CT molecular complexity index is 360. The molecule has 2 N–H and O–H groups in total. The largest absolute Gasteiger partial charge is 0.480 e. The summed E-state index contributed by atoms with van der Waals surface area (Å²) in [4.78, 5) is 10.9. The number of nitrogens with one attached hydrogen (secondary N) is 1. The summed E-state index contributed by atoms with van der Waals surface area (Å²) in [5.74, 6) is -0.393. The monoisotopic (exact) mass is 263 g/mol. The first kappa shape index (κ1) is 14.4. The summed E-state index contributed by atoms with van der Waals surface area (Å²) in [5, 5.41) is 8.95. The van der Waals surface area contributed by atoms with E-state index in [1.165, 1.54) is 0 Å². The van der Waals surface area contributed by atoms with Gasteiger partial charge in [0.2, 0.25) is 10.0 Å². The number of carbonyl (C=O) groups is 1. The maximum absolute atomic E-state index is 11.7. The molecule has 5 nitrogen and oxygen atoms in total. The lowest BCUT2D eigenvalue weighted by Gasteiger charge is -2.16. The van der Waals surface area contributed by atoms with Crippen LogP contribution in [-0.2, 0) is 14.8 Å². The molecule has 0 aromatic carbocycles. The van der Waals surface area contributed by atoms with Crippen LogP contribution < -0.4 is 4.72 Å². The molecule has 0 radical (unpaired) electrons. The van der Waals surface area contributed by atoms with Crippen LogP contribution in [0.2, 0.25) is 0 Å². The van der Waals surface area contributed by atoms with Crippen molar-refractivity contribution in [3.05, 3.63) is 0 Å². The Morgan fingerprint density at radius 1 is 1.41 bits per heavy atom. The van der Waals surface area contributed by atoms with Crippen molar-refractivity contribution >= 4 is 16.0 Å². The average Bonchev–Trinajstić information content (AvgIpc) is 2.96. The number of carboxylic acid groups (broad SMARTS) is 1. The zero-order chi connectivity index (χ0) is 13.1. The molecule has 1 aliphatic carbocycles. The van der Waals surface area contributed by atoms with Crippen molar-refractivity contribution in [2.24, 2.45) is 11.8 Å². The van der Waals surface area contributed by atoms with Crippen molar-refractivity contribution in [2.75, 3.05) is 5.75 Å². The first-order valence-electron chi connectivity index (χ1n) is 6.03. The van der Waals surface area contributed by atoms with E-state index in [9.17, 15) is 13.2 Å². The molecule has 0 unspecified atom stereocenters. The molecule has 0 aromatic rings. The van der Waals surface area contributed by atoms with Crippen LogP contribution in [0.1, 0.15) is 39.5 Å². The molecule has 1 fully saturated rings. The van der Waals surface area contributed by atoms with Gasteiger partial charge in [0.1, 0.15) is 6.04 Å². The topological polar surface area (TPSA) is 83.5 Å². The van der Waals surface area contributed by atoms with Gasteiger partial charge >= 0.3 is 5.97 Å². The third-order valence-corrected chi connectivity index (χ3v) is 4.24. The minimum atomic E-state index is -3.46. The third kappa shape index (κ3) is 6.02. The lowest BCUT2D eigenvalue weighted by Crippen LogP contribution is -2.42. The van der Waals surface area contributed by atoms with Gasteiger partial charge in [-0.2, -0.15) is 0 Å². The van der Waals surface area contributed by atoms with Crippen LogP contribution in [0.5, 0.6) is 0 Å². The van der Waals surface area contributed by atoms with Gasteiger partial charge in [0.05, 0.1) is 5.75 Å². The smallest absolute Gasteiger partial charge is 0.321 e. The van der Waals surface area contributed by atoms with Gasteiger partial charge in [0.25, 0.3) is 0 Å². The van der Waals surface area contributed by atoms with Gasteiger partial charge in [-0.15, -0.1) is 0 Å². The fraction of sp³-hybridized carbons (Fsp3) is 0.909. The van der Waals surface area contributed by atoms with Crippen LogP contribution in [0.25, 0.3) is 0 Å². The van der Waals surface area contributed by atoms with E-state index in [4.69, 9.17) is 5.11 Å². The number of carboxylic acids is 1. The highest BCUT2D eigenvalue weighted by Gasteiger charge is 2.27. The number of hydrogen-bond donors (Lipinski definition) is 2. The van der Waals surface area contributed by atoms with Crippen molar-refractivity contribution in [3.63, 3.8) is 0 Å². The molecular weight excluding hydrogens is 242 g/mol. The second-order valence-electron chi connectivity index (χ2n) is 5.19. The Morgan fingerprint density at radius 3 is 2.41 bits per heavy atom. The van der Waals surface area contributed by atoms with Crippen molar-refractivity contribution < 1.29 is 18.3 Å². The molecule has 6 heteroatoms. The molecule has 0 spiro atoms. The molecular formula is C11H21NO4S. The Hall–Kier alpha value is -0.620. The number of hydrogen-bond acceptors (Lipinski definition) is 3. The fourth-order valence-corrected chi connectivity index (χ4v) is 3.07. The summed E-state index contributed by atoms with van der Waals surface area (Å²) in [6.07, 6.45) is 3.16. The number of sulfonamides is 1. The van der Waals surface area contributed by atoms with E-state index < -0.39 is 22.0 Å². The summed E-state index contributed by atoms with van der Waals surface area (Å²) >= 11 is 0. The summed E-state index contributed by atoms with van der Waals surface area (Å²) in [6, 6.07) is -1.00. The van der Waals surface area contributed by atoms with Crippen LogP contribution in [0.4, 0.5) is 0 Å². The van der Waals surface area contributed by atoms with Crippen LogP contribution in [0.3, 0.4) is 0 Å². The molecule has 0 heterocycles. The van der Waals surface area contributed by atoms with Crippen molar-refractivity contribution in [1.82, 2.24) is 4.72 Å². The molecule has 0 aromatic heterocycles. The van der Waals surface area contributed by atoms with Gasteiger partial charge in [-0.25, -0.2) is 13.1 Å². The summed E-state index contributed by atoms with van der Waals surface area (Å²) in [5.41, 5.74) is 0. The molecule has 0 amide bonds. The van der Waals surface area contributed by atoms with Crippen LogP contribution >= 0.6 is 0 Å². The highest BCUT2D eigenvalue weighted by Crippen LogP contribution is 2.32. The SMILES string of the molecule is CC(C)C[C@H](NS(=O)(=O)CCC1CC1)C(=O)O. The maximum Gasteiger partial charge on any atom is 0.321 e. The van der Waals surface area contributed by atoms with E-state index in [1.54, 1.807) is 0 Å². The van der Waals surface area contributed by atoms with Crippen LogP contribution in [-0.4, -0.2) is 31.3 Å². The second kappa shape index (κ2) is 5.82. The standard InChI is InChI=1S/C11H21NO4S/c1-8(2)7-10(11(13)14)12-17(15,16)6-5-9-3-4-9/h8-10,12H,3-7H2,1-2H3,(H,13,14)/t10-/m0/s1. The van der Waals surface area contributed by atoms with Crippen molar-refractivity contribution in [3.8, 4) is 0 Å². The predicted octanol–water partition coefficient (Wildman–Crippen LogP) is 1.21. The van der Waals surface area contributed by atoms with E-state index >= 15 is 0 Å². The minimum absolute atomic E-state index is 0.0412. The van der Waals surface area contributed by atoms with Gasteiger partial charge in [-0.05, 0) is 24.7 Å². The molecule has 1 atom stereocenters. The van der Waals surface area contributed by atoms with Gasteiger partial charge in [-0.3, -0.25) is 4.79 Å². The van der Waals surface area contributed by atoms with E-state index in [0.717, 1.165) is 12.8 Å². The molecule has 1 saturated carbocycles. The quantitative estimate of drug-likeness (QED) is 0.689. The lowest BCUT2D eigenvalue weighted by molar-refractivity contribution is -0.139. The van der Waals surface area contributed by atoms with Gasteiger partial charge in [-0.1, -0.05) is 26.7 Å². The summed E-state index contributed by atoms with van der Waals surface area (Å²) in [6.45, 7) is 3.74. The predicted molar refractivity (Wildman–Crippen MR) is 65.1 cm³/mol. The third-order valence-electron chi connectivity index (χ3n) is 2.82. The fourth-order valence-electron chi connectivity index (χ4n) is 1.67. The molecule has 17 heavy (non-hydrogen) atoms. The number of aliphatic carboxylic acids is 1. The highest BCUT2D eigenvalue weighted by molar-refractivity contribution is 7.89. The van der Waals surface area contributed by atoms with Crippen LogP contribution in [0.15, 0.2) is 0 Å². The summed E-state index contributed by atoms with van der Waals surface area (Å²) in [7, 11) is -3.46. The number of rotatable bonds is 8. The first-order valence-corrected chi connectivity index (χ1v) is 7.68. The van der Waals surface area contributed by atoms with Gasteiger partial charge in [0, 0.05) is 0 Å². The Kier molecular flexibility index (Phi) is 4.94. The second-order valence-corrected chi connectivity index (χ2v) is 7.06. The maximum atomic E-state index is 11.7. The Morgan fingerprint density at radius 2 is 2.00 bits per heavy atom. The molecule has 1 aliphatic rings. The zero-order valence-electron chi connectivity index (χ0n) is 10.3. The Labute approximate surface area is 103 Å². The van der Waals surface area contributed by atoms with E-state index in [-0.39, 0.29) is 11.7 Å². The molecule has 1 rings (SSSR count). The van der Waals surface area contributed by atoms with Gasteiger partial charge in [0.15, 0.2) is 0 Å². The highest BCUT2D eigenvalue weighted by atomic mass is 32.2. The van der Waals surface area contributed by atoms with Crippen molar-refractivity contribution in [1.29, 1.82) is 0 Å². The molecule has 0 saturated heterocycles. The molecule has 0 aliphatic heterocycles. The van der Waals surface area contributed by atoms with E-state index in [0.29, 0.717) is 18.8 Å². The average molecular weight is 263 g/mol. The first-order chi connectivity index (χ1) is 7.80. The lowest BCUT2D eigenvalue weighted by atomic mass is 10.1. The minimum Gasteiger partial charge on any atom is -0.480 e. The normalized spacial score (nSPS) is 18.3. The van der Waals surface area contributed by atoms with Gasteiger partial charge < -0.3 is 5.11 Å².